The molecule has 0 radical (unpaired) electrons. The Labute approximate surface area is 194 Å². The molecule has 0 aliphatic carbocycles. The van der Waals surface area contributed by atoms with E-state index in [1.165, 1.54) is 18.3 Å². The molecule has 4 N–H and O–H groups in total. The number of aliphatic imine (C=N–C) groups is 1. The summed E-state index contributed by atoms with van der Waals surface area (Å²) in [6, 6.07) is 8.72. The lowest BCUT2D eigenvalue weighted by atomic mass is 10.1. The molecule has 0 amide bonds. The molecule has 33 heavy (non-hydrogen) atoms. The number of carbonyl (C=O) groups is 1. The number of carbonyl (C=O) groups excluding carboxylic acids is 1. The molecule has 0 saturated heterocycles. The maximum absolute atomic E-state index is 12.5. The zero-order valence-corrected chi connectivity index (χ0v) is 19.5. The van der Waals surface area contributed by atoms with Gasteiger partial charge in [0.05, 0.1) is 13.0 Å². The van der Waals surface area contributed by atoms with Crippen LogP contribution in [0.3, 0.4) is 0 Å². The second-order valence-electron chi connectivity index (χ2n) is 7.61. The third-order valence-corrected chi connectivity index (χ3v) is 6.07. The number of aromatic nitrogens is 2. The van der Waals surface area contributed by atoms with Crippen molar-refractivity contribution in [3.05, 3.63) is 57.9 Å². The Bertz CT molecular complexity index is 1130. The number of rotatable bonds is 8. The van der Waals surface area contributed by atoms with Crippen LogP contribution < -0.4 is 15.8 Å². The van der Waals surface area contributed by atoms with Gasteiger partial charge in [0.1, 0.15) is 11.3 Å². The van der Waals surface area contributed by atoms with E-state index >= 15 is 0 Å². The zero-order chi connectivity index (χ0) is 24.2. The molecule has 176 valence electrons. The monoisotopic (exact) mass is 474 g/mol. The van der Waals surface area contributed by atoms with Gasteiger partial charge in [0, 0.05) is 32.5 Å². The Kier molecular flexibility index (Phi) is 7.29. The zero-order valence-electron chi connectivity index (χ0n) is 18.7. The predicted molar refractivity (Wildman–Crippen MR) is 129 cm³/mol. The molecule has 1 aliphatic rings. The van der Waals surface area contributed by atoms with Crippen molar-refractivity contribution in [3.8, 4) is 0 Å². The fraction of sp³-hybridized carbons (Fsp3) is 0.333. The Balaban J connectivity index is 1.87. The summed E-state index contributed by atoms with van der Waals surface area (Å²) >= 11 is 0.951. The lowest BCUT2D eigenvalue weighted by Gasteiger charge is -2.29. The Morgan fingerprint density at radius 3 is 2.70 bits per heavy atom. The molecule has 3 rings (SSSR count). The summed E-state index contributed by atoms with van der Waals surface area (Å²) in [5, 5.41) is 24.4. The number of H-pyrrole nitrogens is 1. The molecule has 1 aliphatic heterocycles. The van der Waals surface area contributed by atoms with Crippen LogP contribution in [0.25, 0.3) is 0 Å². The molecule has 1 aromatic carbocycles. The summed E-state index contributed by atoms with van der Waals surface area (Å²) in [6.45, 7) is 1.53. The number of benzene rings is 1. The number of methoxy groups -OCH3 is 1. The van der Waals surface area contributed by atoms with Crippen LogP contribution in [0.2, 0.25) is 0 Å². The Morgan fingerprint density at radius 1 is 1.36 bits per heavy atom. The average Bonchev–Trinajstić information content (AvgIpc) is 3.25. The molecule has 0 bridgehead atoms. The summed E-state index contributed by atoms with van der Waals surface area (Å²) < 4.78 is 5.46. The molecular weight excluding hydrogens is 448 g/mol. The molecule has 0 saturated carbocycles. The quantitative estimate of drug-likeness (QED) is 0.256. The number of nitrogens with one attached hydrogen (secondary N) is 2. The first-order valence-corrected chi connectivity index (χ1v) is 10.9. The first-order valence-electron chi connectivity index (χ1n) is 9.92. The second kappa shape index (κ2) is 9.96. The SMILES string of the molecule is CO[C@@](C)(CSC(=O)c1ccccc1)/C(O)=C(/O)N1CNc2c1nc(/N=C\N(C)C)[nH]c2=O. The van der Waals surface area contributed by atoms with Crippen LogP contribution in [0.1, 0.15) is 17.3 Å². The minimum Gasteiger partial charge on any atom is -0.505 e. The lowest BCUT2D eigenvalue weighted by Crippen LogP contribution is -2.37. The highest BCUT2D eigenvalue weighted by molar-refractivity contribution is 8.14. The molecule has 2 heterocycles. The van der Waals surface area contributed by atoms with Crippen LogP contribution in [-0.4, -0.2) is 75.8 Å². The number of aliphatic hydroxyl groups is 2. The van der Waals surface area contributed by atoms with Crippen molar-refractivity contribution in [2.45, 2.75) is 12.5 Å². The molecule has 2 aromatic rings. The molecule has 12 heteroatoms. The number of nitrogens with zero attached hydrogens (tertiary/aromatic N) is 4. The van der Waals surface area contributed by atoms with E-state index in [4.69, 9.17) is 4.74 Å². The van der Waals surface area contributed by atoms with Crippen LogP contribution in [-0.2, 0) is 4.74 Å². The Hall–Kier alpha value is -3.51. The van der Waals surface area contributed by atoms with E-state index in [1.54, 1.807) is 50.2 Å². The average molecular weight is 475 g/mol. The van der Waals surface area contributed by atoms with Gasteiger partial charge in [0.2, 0.25) is 16.9 Å². The molecule has 0 unspecified atom stereocenters. The van der Waals surface area contributed by atoms with Crippen LogP contribution in [0.15, 0.2) is 51.8 Å². The largest absolute Gasteiger partial charge is 0.505 e. The van der Waals surface area contributed by atoms with E-state index in [0.29, 0.717) is 5.56 Å². The number of hydrogen-bond acceptors (Lipinski definition) is 10. The normalized spacial score (nSPS) is 15.6. The van der Waals surface area contributed by atoms with Gasteiger partial charge < -0.3 is 25.2 Å². The third kappa shape index (κ3) is 5.29. The molecular formula is C21H26N6O5S. The standard InChI is InChI=1S/C21H26N6O5S/c1-21(32-4,10-33-19(31)13-8-6-5-7-9-13)15(28)18(30)27-12-22-14-16(27)24-20(25-17(14)29)23-11-26(2)3/h5-9,11,22,28,30H,10,12H2,1-4H3,(H,24,25,29)/b18-15-,23-11-/t21-/m0/s1. The number of fused-ring (bicyclic) bond motifs is 1. The summed E-state index contributed by atoms with van der Waals surface area (Å²) in [7, 11) is 4.90. The van der Waals surface area contributed by atoms with Crippen molar-refractivity contribution in [2.24, 2.45) is 4.99 Å². The van der Waals surface area contributed by atoms with Crippen molar-refractivity contribution in [2.75, 3.05) is 43.8 Å². The van der Waals surface area contributed by atoms with E-state index in [0.717, 1.165) is 11.8 Å². The summed E-state index contributed by atoms with van der Waals surface area (Å²) in [5.41, 5.74) is -1.22. The molecule has 0 spiro atoms. The minimum atomic E-state index is -1.39. The van der Waals surface area contributed by atoms with Gasteiger partial charge in [-0.3, -0.25) is 19.5 Å². The fourth-order valence-electron chi connectivity index (χ4n) is 2.89. The first kappa shape index (κ1) is 24.1. The van der Waals surface area contributed by atoms with Gasteiger partial charge >= 0.3 is 0 Å². The van der Waals surface area contributed by atoms with Crippen LogP contribution in [0, 0.1) is 0 Å². The molecule has 1 aromatic heterocycles. The summed E-state index contributed by atoms with van der Waals surface area (Å²) in [4.78, 5) is 38.6. The summed E-state index contributed by atoms with van der Waals surface area (Å²) in [6.07, 6.45) is 1.47. The van der Waals surface area contributed by atoms with Crippen molar-refractivity contribution < 1.29 is 19.7 Å². The van der Waals surface area contributed by atoms with Crippen LogP contribution in [0.5, 0.6) is 0 Å². The predicted octanol–water partition coefficient (Wildman–Crippen LogP) is 2.44. The first-order chi connectivity index (χ1) is 15.7. The van der Waals surface area contributed by atoms with Crippen molar-refractivity contribution in [1.82, 2.24) is 14.9 Å². The van der Waals surface area contributed by atoms with E-state index in [2.05, 4.69) is 20.3 Å². The summed E-state index contributed by atoms with van der Waals surface area (Å²) in [5.74, 6) is -0.901. The number of aromatic amines is 1. The smallest absolute Gasteiger partial charge is 0.278 e. The number of ether oxygens (including phenoxy) is 1. The van der Waals surface area contributed by atoms with Gasteiger partial charge in [-0.1, -0.05) is 42.1 Å². The van der Waals surface area contributed by atoms with E-state index in [9.17, 15) is 19.8 Å². The minimum absolute atomic E-state index is 0.0158. The molecule has 1 atom stereocenters. The highest BCUT2D eigenvalue weighted by Crippen LogP contribution is 2.33. The van der Waals surface area contributed by atoms with Gasteiger partial charge in [-0.25, -0.2) is 4.99 Å². The highest BCUT2D eigenvalue weighted by Gasteiger charge is 2.37. The fourth-order valence-corrected chi connectivity index (χ4v) is 3.86. The van der Waals surface area contributed by atoms with Gasteiger partial charge in [-0.2, -0.15) is 4.98 Å². The maximum atomic E-state index is 12.5. The van der Waals surface area contributed by atoms with Gasteiger partial charge in [-0.05, 0) is 6.92 Å². The van der Waals surface area contributed by atoms with E-state index in [1.807, 2.05) is 6.07 Å². The van der Waals surface area contributed by atoms with E-state index < -0.39 is 22.8 Å². The second-order valence-corrected chi connectivity index (χ2v) is 8.56. The third-order valence-electron chi connectivity index (χ3n) is 4.88. The highest BCUT2D eigenvalue weighted by atomic mass is 32.2. The maximum Gasteiger partial charge on any atom is 0.278 e. The van der Waals surface area contributed by atoms with Crippen molar-refractivity contribution in [3.63, 3.8) is 0 Å². The van der Waals surface area contributed by atoms with E-state index in [-0.39, 0.29) is 35.0 Å². The van der Waals surface area contributed by atoms with Crippen LogP contribution >= 0.6 is 11.8 Å². The van der Waals surface area contributed by atoms with Crippen molar-refractivity contribution in [1.29, 1.82) is 0 Å². The number of anilines is 2. The van der Waals surface area contributed by atoms with Gasteiger partial charge in [0.25, 0.3) is 5.56 Å². The molecule has 11 nitrogen and oxygen atoms in total. The van der Waals surface area contributed by atoms with Gasteiger partial charge in [-0.15, -0.1) is 0 Å². The number of thioether (sulfide) groups is 1. The van der Waals surface area contributed by atoms with Gasteiger partial charge in [0.15, 0.2) is 11.6 Å². The van der Waals surface area contributed by atoms with Crippen LogP contribution in [0.4, 0.5) is 17.5 Å². The molecule has 0 fully saturated rings. The number of hydrogen-bond donors (Lipinski definition) is 4. The Morgan fingerprint density at radius 2 is 2.06 bits per heavy atom. The lowest BCUT2D eigenvalue weighted by molar-refractivity contribution is 0.0172. The topological polar surface area (TPSA) is 143 Å². The van der Waals surface area contributed by atoms with Crippen molar-refractivity contribution >= 4 is 40.7 Å². The number of aliphatic hydroxyl groups excluding tert-OH is 2.